The van der Waals surface area contributed by atoms with Crippen molar-refractivity contribution in [1.29, 1.82) is 0 Å². The highest BCUT2D eigenvalue weighted by atomic mass is 35.6. The Kier molecular flexibility index (Phi) is 19.5. The van der Waals surface area contributed by atoms with E-state index in [9.17, 15) is 0 Å². The third kappa shape index (κ3) is 24.4. The normalized spacial score (nSPS) is 12.0. The summed E-state index contributed by atoms with van der Waals surface area (Å²) in [4.78, 5) is 0. The molecule has 0 aromatic carbocycles. The summed E-state index contributed by atoms with van der Waals surface area (Å²) in [5, 5.41) is 0. The number of halogens is 1. The molecule has 0 aromatic rings. The van der Waals surface area contributed by atoms with Crippen LogP contribution >= 0.6 is 11.1 Å². The van der Waals surface area contributed by atoms with Gasteiger partial charge in [-0.05, 0) is 25.8 Å². The molecule has 0 bridgehead atoms. The van der Waals surface area contributed by atoms with Crippen LogP contribution < -0.4 is 0 Å². The van der Waals surface area contributed by atoms with Crippen LogP contribution in [0.4, 0.5) is 0 Å². The Morgan fingerprint density at radius 3 is 1.56 bits per heavy atom. The van der Waals surface area contributed by atoms with Gasteiger partial charge in [-0.25, -0.2) is 0 Å². The summed E-state index contributed by atoms with van der Waals surface area (Å²) in [6, 6.07) is 1.27. The van der Waals surface area contributed by atoms with E-state index in [0.29, 0.717) is 13.2 Å². The first-order valence-electron chi connectivity index (χ1n) is 10.5. The minimum absolute atomic E-state index is 0.695. The lowest BCUT2D eigenvalue weighted by Gasteiger charge is -2.11. The van der Waals surface area contributed by atoms with Gasteiger partial charge in [-0.1, -0.05) is 64.5 Å². The van der Waals surface area contributed by atoms with E-state index in [2.05, 4.69) is 13.1 Å². The smallest absolute Gasteiger partial charge is 0.150 e. The van der Waals surface area contributed by atoms with Crippen molar-refractivity contribution in [1.82, 2.24) is 0 Å². The van der Waals surface area contributed by atoms with Gasteiger partial charge < -0.3 is 14.2 Å². The monoisotopic (exact) mass is 394 g/mol. The second-order valence-corrected chi connectivity index (χ2v) is 14.4. The Morgan fingerprint density at radius 1 is 0.560 bits per heavy atom. The molecule has 0 saturated heterocycles. The Morgan fingerprint density at radius 2 is 1.00 bits per heavy atom. The van der Waals surface area contributed by atoms with Gasteiger partial charge in [-0.2, -0.15) is 11.1 Å². The summed E-state index contributed by atoms with van der Waals surface area (Å²) < 4.78 is 16.3. The van der Waals surface area contributed by atoms with Crippen LogP contribution in [0.2, 0.25) is 19.1 Å². The van der Waals surface area contributed by atoms with Gasteiger partial charge in [0, 0.05) is 26.4 Å². The van der Waals surface area contributed by atoms with Crippen molar-refractivity contribution in [3.8, 4) is 0 Å². The van der Waals surface area contributed by atoms with E-state index in [1.165, 1.54) is 63.8 Å². The lowest BCUT2D eigenvalue weighted by atomic mass is 10.1. The maximum absolute atomic E-state index is 6.33. The minimum Gasteiger partial charge on any atom is -0.381 e. The molecule has 152 valence electrons. The zero-order chi connectivity index (χ0) is 18.6. The van der Waals surface area contributed by atoms with E-state index in [0.717, 1.165) is 32.8 Å². The fraction of sp³-hybridized carbons (Fsp3) is 1.00. The quantitative estimate of drug-likeness (QED) is 0.136. The average Bonchev–Trinajstić information content (AvgIpc) is 2.56. The van der Waals surface area contributed by atoms with Crippen LogP contribution in [0.25, 0.3) is 0 Å². The molecule has 0 radical (unpaired) electrons. The standard InChI is InChI=1S/C20H43ClO3Si/c1-4-22-18-19-24-17-14-16-23-15-12-10-8-6-5-7-9-11-13-20-25(2,3)21/h4-20H2,1-3H3. The Balaban J connectivity index is 3.01. The van der Waals surface area contributed by atoms with Gasteiger partial charge in [0.15, 0.2) is 0 Å². The van der Waals surface area contributed by atoms with Gasteiger partial charge in [-0.15, -0.1) is 0 Å². The molecule has 0 N–H and O–H groups in total. The maximum Gasteiger partial charge on any atom is 0.150 e. The molecule has 0 aliphatic carbocycles. The number of hydrogen-bond donors (Lipinski definition) is 0. The van der Waals surface area contributed by atoms with E-state index < -0.39 is 7.38 Å². The molecule has 0 amide bonds. The first-order valence-corrected chi connectivity index (χ1v) is 14.7. The third-order valence-corrected chi connectivity index (χ3v) is 6.32. The minimum atomic E-state index is -1.32. The van der Waals surface area contributed by atoms with Crippen LogP contribution in [0.5, 0.6) is 0 Å². The molecular weight excluding hydrogens is 352 g/mol. The molecule has 0 rings (SSSR count). The van der Waals surface area contributed by atoms with Gasteiger partial charge in [0.1, 0.15) is 7.38 Å². The van der Waals surface area contributed by atoms with Crippen molar-refractivity contribution in [2.75, 3.05) is 39.6 Å². The van der Waals surface area contributed by atoms with Crippen LogP contribution in [0.3, 0.4) is 0 Å². The van der Waals surface area contributed by atoms with Gasteiger partial charge in [-0.3, -0.25) is 0 Å². The average molecular weight is 395 g/mol. The maximum atomic E-state index is 6.33. The fourth-order valence-corrected chi connectivity index (χ4v) is 4.21. The first-order chi connectivity index (χ1) is 12.1. The SMILES string of the molecule is CCOCCOCCCOCCCCCCCCCCC[Si](C)(C)Cl. The highest BCUT2D eigenvalue weighted by Gasteiger charge is 2.15. The van der Waals surface area contributed by atoms with E-state index in [4.69, 9.17) is 25.3 Å². The van der Waals surface area contributed by atoms with Crippen LogP contribution in [-0.4, -0.2) is 47.0 Å². The van der Waals surface area contributed by atoms with E-state index in [1.807, 2.05) is 6.92 Å². The van der Waals surface area contributed by atoms with Crippen LogP contribution in [-0.2, 0) is 14.2 Å². The molecule has 0 aromatic heterocycles. The molecule has 0 heterocycles. The molecule has 5 heteroatoms. The molecule has 3 nitrogen and oxygen atoms in total. The Bertz CT molecular complexity index is 260. The predicted octanol–water partition coefficient (Wildman–Crippen LogP) is 6.40. The summed E-state index contributed by atoms with van der Waals surface area (Å²) in [6.45, 7) is 11.1. The fourth-order valence-electron chi connectivity index (χ4n) is 2.72. The highest BCUT2D eigenvalue weighted by Crippen LogP contribution is 2.19. The Hall–Kier alpha value is 0.387. The van der Waals surface area contributed by atoms with Gasteiger partial charge in [0.2, 0.25) is 0 Å². The van der Waals surface area contributed by atoms with E-state index in [-0.39, 0.29) is 0 Å². The summed E-state index contributed by atoms with van der Waals surface area (Å²) in [6.07, 6.45) is 13.1. The zero-order valence-electron chi connectivity index (χ0n) is 17.1. The largest absolute Gasteiger partial charge is 0.381 e. The lowest BCUT2D eigenvalue weighted by molar-refractivity contribution is 0.0389. The predicted molar refractivity (Wildman–Crippen MR) is 112 cm³/mol. The molecule has 0 spiro atoms. The molecule has 0 atom stereocenters. The van der Waals surface area contributed by atoms with Gasteiger partial charge >= 0.3 is 0 Å². The second-order valence-electron chi connectivity index (χ2n) is 7.43. The zero-order valence-corrected chi connectivity index (χ0v) is 18.9. The van der Waals surface area contributed by atoms with E-state index in [1.54, 1.807) is 0 Å². The number of unbranched alkanes of at least 4 members (excludes halogenated alkanes) is 8. The Labute approximate surface area is 162 Å². The van der Waals surface area contributed by atoms with Crippen molar-refractivity contribution in [2.45, 2.75) is 90.3 Å². The van der Waals surface area contributed by atoms with Crippen LogP contribution in [0.1, 0.15) is 71.1 Å². The van der Waals surface area contributed by atoms with Crippen molar-refractivity contribution in [2.24, 2.45) is 0 Å². The number of ether oxygens (including phenoxy) is 3. The molecular formula is C20H43ClO3Si. The van der Waals surface area contributed by atoms with Crippen molar-refractivity contribution >= 4 is 18.5 Å². The second kappa shape index (κ2) is 19.2. The van der Waals surface area contributed by atoms with Gasteiger partial charge in [0.25, 0.3) is 0 Å². The van der Waals surface area contributed by atoms with Crippen molar-refractivity contribution in [3.05, 3.63) is 0 Å². The van der Waals surface area contributed by atoms with Crippen molar-refractivity contribution < 1.29 is 14.2 Å². The summed E-state index contributed by atoms with van der Waals surface area (Å²) in [5.74, 6) is 0. The summed E-state index contributed by atoms with van der Waals surface area (Å²) in [5.41, 5.74) is 0. The third-order valence-electron chi connectivity index (χ3n) is 4.21. The van der Waals surface area contributed by atoms with Crippen molar-refractivity contribution in [3.63, 3.8) is 0 Å². The molecule has 0 unspecified atom stereocenters. The van der Waals surface area contributed by atoms with E-state index >= 15 is 0 Å². The van der Waals surface area contributed by atoms with Crippen LogP contribution in [0.15, 0.2) is 0 Å². The lowest BCUT2D eigenvalue weighted by Crippen LogP contribution is -2.14. The molecule has 0 fully saturated rings. The molecule has 0 saturated carbocycles. The summed E-state index contributed by atoms with van der Waals surface area (Å²) >= 11 is 6.33. The molecule has 25 heavy (non-hydrogen) atoms. The number of rotatable bonds is 20. The van der Waals surface area contributed by atoms with Crippen LogP contribution in [0, 0.1) is 0 Å². The molecule has 0 aliphatic heterocycles. The topological polar surface area (TPSA) is 27.7 Å². The first kappa shape index (κ1) is 25.4. The summed E-state index contributed by atoms with van der Waals surface area (Å²) in [7, 11) is -1.32. The highest BCUT2D eigenvalue weighted by molar-refractivity contribution is 7.19. The number of hydrogen-bond acceptors (Lipinski definition) is 3. The van der Waals surface area contributed by atoms with Gasteiger partial charge in [0.05, 0.1) is 13.2 Å². The molecule has 0 aliphatic rings.